The third kappa shape index (κ3) is 2.04. The number of carbonyl (C=O) groups excluding carboxylic acids is 2. The molecular formula is C13H14N2O2S. The topological polar surface area (TPSA) is 49.4 Å². The van der Waals surface area contributed by atoms with Gasteiger partial charge >= 0.3 is 0 Å². The molecule has 0 aromatic heterocycles. The van der Waals surface area contributed by atoms with E-state index in [1.54, 1.807) is 18.0 Å². The Morgan fingerprint density at radius 3 is 2.94 bits per heavy atom. The second-order valence-corrected chi connectivity index (χ2v) is 6.03. The largest absolute Gasteiger partial charge is 0.318 e. The Bertz CT molecular complexity index is 530. The molecule has 94 valence electrons. The van der Waals surface area contributed by atoms with Gasteiger partial charge in [-0.05, 0) is 42.5 Å². The van der Waals surface area contributed by atoms with Crippen molar-refractivity contribution in [2.45, 2.75) is 18.2 Å². The van der Waals surface area contributed by atoms with Crippen molar-refractivity contribution in [1.82, 2.24) is 4.31 Å². The van der Waals surface area contributed by atoms with Crippen LogP contribution < -0.4 is 5.32 Å². The summed E-state index contributed by atoms with van der Waals surface area (Å²) in [5.74, 6) is -0.221. The molecule has 0 spiro atoms. The van der Waals surface area contributed by atoms with Gasteiger partial charge in [-0.2, -0.15) is 0 Å². The van der Waals surface area contributed by atoms with Gasteiger partial charge in [0.05, 0.1) is 11.3 Å². The standard InChI is InChI=1S/C13H14N2O2S/c1-8-4-5-15(7-8)18-9-2-3-11-10(6-9)12(16)13(17)14-11/h2-3,6,8H,4-5,7H2,1H3,(H,14,16,17). The van der Waals surface area contributed by atoms with Gasteiger partial charge in [0.25, 0.3) is 11.7 Å². The molecule has 1 unspecified atom stereocenters. The zero-order valence-electron chi connectivity index (χ0n) is 10.1. The van der Waals surface area contributed by atoms with Crippen LogP contribution in [-0.2, 0) is 4.79 Å². The summed E-state index contributed by atoms with van der Waals surface area (Å²) in [4.78, 5) is 23.9. The van der Waals surface area contributed by atoms with Crippen LogP contribution in [0, 0.1) is 5.92 Å². The van der Waals surface area contributed by atoms with Gasteiger partial charge in [0.15, 0.2) is 0 Å². The number of hydrogen-bond acceptors (Lipinski definition) is 4. The van der Waals surface area contributed by atoms with Gasteiger partial charge in [-0.25, -0.2) is 4.31 Å². The first-order valence-electron chi connectivity index (χ1n) is 6.06. The van der Waals surface area contributed by atoms with Crippen LogP contribution in [0.3, 0.4) is 0 Å². The molecule has 1 aromatic carbocycles. The highest BCUT2D eigenvalue weighted by atomic mass is 32.2. The van der Waals surface area contributed by atoms with Gasteiger partial charge in [0, 0.05) is 18.0 Å². The van der Waals surface area contributed by atoms with Crippen molar-refractivity contribution in [2.24, 2.45) is 5.92 Å². The number of carbonyl (C=O) groups is 2. The molecule has 4 nitrogen and oxygen atoms in total. The number of Topliss-reactive ketones (excluding diaryl/α,β-unsaturated/α-hetero) is 1. The van der Waals surface area contributed by atoms with Gasteiger partial charge in [0.2, 0.25) is 0 Å². The quantitative estimate of drug-likeness (QED) is 0.655. The zero-order valence-corrected chi connectivity index (χ0v) is 10.9. The summed E-state index contributed by atoms with van der Waals surface area (Å²) in [5, 5.41) is 2.56. The van der Waals surface area contributed by atoms with E-state index in [0.717, 1.165) is 23.9 Å². The van der Waals surface area contributed by atoms with Crippen molar-refractivity contribution in [2.75, 3.05) is 18.4 Å². The number of anilines is 1. The minimum absolute atomic E-state index is 0.428. The lowest BCUT2D eigenvalue weighted by Crippen LogP contribution is -2.12. The Hall–Kier alpha value is -1.33. The molecule has 2 aliphatic heterocycles. The smallest absolute Gasteiger partial charge is 0.296 e. The fourth-order valence-electron chi connectivity index (χ4n) is 2.30. The predicted molar refractivity (Wildman–Crippen MR) is 70.6 cm³/mol. The Balaban J connectivity index is 1.79. The monoisotopic (exact) mass is 262 g/mol. The summed E-state index contributed by atoms with van der Waals surface area (Å²) in [5.41, 5.74) is 1.13. The van der Waals surface area contributed by atoms with Crippen LogP contribution in [-0.4, -0.2) is 29.1 Å². The van der Waals surface area contributed by atoms with Crippen LogP contribution in [0.4, 0.5) is 5.69 Å². The number of fused-ring (bicyclic) bond motifs is 1. The van der Waals surface area contributed by atoms with Gasteiger partial charge in [0.1, 0.15) is 0 Å². The molecule has 2 heterocycles. The van der Waals surface area contributed by atoms with Crippen LogP contribution in [0.1, 0.15) is 23.7 Å². The molecule has 0 saturated carbocycles. The van der Waals surface area contributed by atoms with Crippen molar-refractivity contribution >= 4 is 29.3 Å². The van der Waals surface area contributed by atoms with E-state index in [1.807, 2.05) is 12.1 Å². The second-order valence-electron chi connectivity index (χ2n) is 4.86. The lowest BCUT2D eigenvalue weighted by molar-refractivity contribution is -0.112. The summed E-state index contributed by atoms with van der Waals surface area (Å²) < 4.78 is 2.31. The molecular weight excluding hydrogens is 248 g/mol. The van der Waals surface area contributed by atoms with E-state index in [0.29, 0.717) is 11.3 Å². The maximum Gasteiger partial charge on any atom is 0.296 e. The molecule has 1 fully saturated rings. The lowest BCUT2D eigenvalue weighted by Gasteiger charge is -2.14. The van der Waals surface area contributed by atoms with Crippen molar-refractivity contribution in [3.05, 3.63) is 23.8 Å². The minimum Gasteiger partial charge on any atom is -0.318 e. The average Bonchev–Trinajstić information content (AvgIpc) is 2.86. The molecule has 1 amide bonds. The molecule has 1 aromatic rings. The first-order valence-corrected chi connectivity index (χ1v) is 6.83. The van der Waals surface area contributed by atoms with Crippen LogP contribution in [0.5, 0.6) is 0 Å². The number of ketones is 1. The summed E-state index contributed by atoms with van der Waals surface area (Å²) >= 11 is 1.67. The number of nitrogens with zero attached hydrogens (tertiary/aromatic N) is 1. The molecule has 2 aliphatic rings. The Labute approximate surface area is 110 Å². The molecule has 18 heavy (non-hydrogen) atoms. The fraction of sp³-hybridized carbons (Fsp3) is 0.385. The van der Waals surface area contributed by atoms with E-state index >= 15 is 0 Å². The molecule has 0 bridgehead atoms. The number of amides is 1. The second kappa shape index (κ2) is 4.40. The van der Waals surface area contributed by atoms with E-state index in [-0.39, 0.29) is 0 Å². The molecule has 1 N–H and O–H groups in total. The first kappa shape index (κ1) is 11.7. The summed E-state index contributed by atoms with van der Waals surface area (Å²) in [6.45, 7) is 4.40. The molecule has 5 heteroatoms. The Morgan fingerprint density at radius 1 is 1.39 bits per heavy atom. The highest BCUT2D eigenvalue weighted by molar-refractivity contribution is 7.97. The van der Waals surface area contributed by atoms with E-state index in [4.69, 9.17) is 0 Å². The van der Waals surface area contributed by atoms with E-state index in [9.17, 15) is 9.59 Å². The van der Waals surface area contributed by atoms with Gasteiger partial charge in [-0.1, -0.05) is 6.92 Å². The Kier molecular flexibility index (Phi) is 2.87. The summed E-state index contributed by atoms with van der Waals surface area (Å²) in [6.07, 6.45) is 1.22. The first-order chi connectivity index (χ1) is 8.63. The number of hydrogen-bond donors (Lipinski definition) is 1. The van der Waals surface area contributed by atoms with Gasteiger partial charge < -0.3 is 5.32 Å². The summed E-state index contributed by atoms with van der Waals surface area (Å²) in [7, 11) is 0. The van der Waals surface area contributed by atoms with Crippen LogP contribution in [0.25, 0.3) is 0 Å². The van der Waals surface area contributed by atoms with Crippen molar-refractivity contribution in [3.8, 4) is 0 Å². The molecule has 1 saturated heterocycles. The molecule has 0 radical (unpaired) electrons. The third-order valence-electron chi connectivity index (χ3n) is 3.31. The number of nitrogens with one attached hydrogen (secondary N) is 1. The summed E-state index contributed by atoms with van der Waals surface area (Å²) in [6, 6.07) is 5.56. The maximum absolute atomic E-state index is 11.6. The van der Waals surface area contributed by atoms with E-state index in [1.165, 1.54) is 6.42 Å². The lowest BCUT2D eigenvalue weighted by atomic mass is 10.1. The van der Waals surface area contributed by atoms with Crippen molar-refractivity contribution in [3.63, 3.8) is 0 Å². The average molecular weight is 262 g/mol. The van der Waals surface area contributed by atoms with Crippen LogP contribution in [0.15, 0.2) is 23.1 Å². The fourth-order valence-corrected chi connectivity index (χ4v) is 3.43. The highest BCUT2D eigenvalue weighted by Gasteiger charge is 2.28. The zero-order chi connectivity index (χ0) is 12.7. The molecule has 3 rings (SSSR count). The third-order valence-corrected chi connectivity index (χ3v) is 4.37. The Morgan fingerprint density at radius 2 is 2.22 bits per heavy atom. The van der Waals surface area contributed by atoms with Crippen molar-refractivity contribution < 1.29 is 9.59 Å². The van der Waals surface area contributed by atoms with E-state index in [2.05, 4.69) is 16.5 Å². The van der Waals surface area contributed by atoms with Crippen molar-refractivity contribution in [1.29, 1.82) is 0 Å². The predicted octanol–water partition coefficient (Wildman–Crippen LogP) is 2.17. The normalized spacial score (nSPS) is 23.3. The number of rotatable bonds is 2. The molecule has 1 atom stereocenters. The molecule has 0 aliphatic carbocycles. The SMILES string of the molecule is CC1CCN(Sc2ccc3c(c2)C(=O)C(=O)N3)C1. The number of benzene rings is 1. The van der Waals surface area contributed by atoms with Gasteiger partial charge in [-0.3, -0.25) is 9.59 Å². The maximum atomic E-state index is 11.6. The highest BCUT2D eigenvalue weighted by Crippen LogP contribution is 2.32. The van der Waals surface area contributed by atoms with E-state index < -0.39 is 11.7 Å². The van der Waals surface area contributed by atoms with Gasteiger partial charge in [-0.15, -0.1) is 0 Å². The van der Waals surface area contributed by atoms with Crippen LogP contribution >= 0.6 is 11.9 Å². The van der Waals surface area contributed by atoms with Crippen LogP contribution in [0.2, 0.25) is 0 Å². The minimum atomic E-state index is -0.526.